The molecule has 1 aromatic heterocycles. The van der Waals surface area contributed by atoms with Crippen molar-refractivity contribution in [1.82, 2.24) is 9.97 Å². The van der Waals surface area contributed by atoms with Gasteiger partial charge in [0.15, 0.2) is 5.69 Å². The molecule has 2 rings (SSSR count). The fourth-order valence-corrected chi connectivity index (χ4v) is 2.04. The molecular weight excluding hydrogens is 240 g/mol. The highest BCUT2D eigenvalue weighted by Gasteiger charge is 2.18. The summed E-state index contributed by atoms with van der Waals surface area (Å²) in [5.74, 6) is -0.0973. The topological polar surface area (TPSA) is 66.0 Å². The highest BCUT2D eigenvalue weighted by Crippen LogP contribution is 2.18. The number of hydrogen-bond donors (Lipinski definition) is 2. The number of nitrogens with zero attached hydrogens (tertiary/aromatic N) is 1. The molecule has 2 N–H and O–H groups in total. The second-order valence-corrected chi connectivity index (χ2v) is 4.89. The second kappa shape index (κ2) is 5.69. The molecule has 0 spiro atoms. The van der Waals surface area contributed by atoms with E-state index >= 15 is 0 Å². The van der Waals surface area contributed by atoms with Gasteiger partial charge in [0.1, 0.15) is 5.82 Å². The largest absolute Gasteiger partial charge is 0.476 e. The molecule has 0 unspecified atom stereocenters. The quantitative estimate of drug-likeness (QED) is 0.866. The number of aromatic amines is 1. The van der Waals surface area contributed by atoms with Crippen molar-refractivity contribution < 1.29 is 9.90 Å². The summed E-state index contributed by atoms with van der Waals surface area (Å²) in [5, 5.41) is 9.13. The van der Waals surface area contributed by atoms with Crippen molar-refractivity contribution in [3.8, 4) is 0 Å². The number of rotatable bonds is 5. The first-order valence-corrected chi connectivity index (χ1v) is 6.44. The van der Waals surface area contributed by atoms with Crippen molar-refractivity contribution >= 4 is 5.97 Å². The number of aryl methyl sites for hydroxylation is 2. The standard InChI is InChI=1S/C15H18N2O2/c1-10(2)13-14(15(18)19)17-12(16-13)9-8-11-6-4-3-5-7-11/h3-7,10H,8-9H2,1-2H3,(H,16,17)(H,18,19). The van der Waals surface area contributed by atoms with E-state index in [0.29, 0.717) is 5.69 Å². The highest BCUT2D eigenvalue weighted by atomic mass is 16.4. The molecule has 0 fully saturated rings. The summed E-state index contributed by atoms with van der Waals surface area (Å²) in [7, 11) is 0. The third kappa shape index (κ3) is 3.22. The van der Waals surface area contributed by atoms with Crippen LogP contribution in [-0.2, 0) is 12.8 Å². The first-order valence-electron chi connectivity index (χ1n) is 6.44. The fraction of sp³-hybridized carbons (Fsp3) is 0.333. The third-order valence-electron chi connectivity index (χ3n) is 3.05. The zero-order chi connectivity index (χ0) is 13.8. The maximum absolute atomic E-state index is 11.1. The molecule has 0 bridgehead atoms. The number of nitrogens with one attached hydrogen (secondary N) is 1. The average molecular weight is 258 g/mol. The van der Waals surface area contributed by atoms with Crippen LogP contribution >= 0.6 is 0 Å². The first kappa shape index (κ1) is 13.3. The summed E-state index contributed by atoms with van der Waals surface area (Å²) in [6.45, 7) is 3.92. The smallest absolute Gasteiger partial charge is 0.356 e. The Hall–Kier alpha value is -2.10. The number of aromatic nitrogens is 2. The number of carboxylic acids is 1. The monoisotopic (exact) mass is 258 g/mol. The summed E-state index contributed by atoms with van der Waals surface area (Å²) >= 11 is 0. The fourth-order valence-electron chi connectivity index (χ4n) is 2.04. The van der Waals surface area contributed by atoms with Crippen LogP contribution < -0.4 is 0 Å². The molecule has 0 aliphatic rings. The molecule has 0 aliphatic carbocycles. The van der Waals surface area contributed by atoms with Gasteiger partial charge in [-0.05, 0) is 17.9 Å². The van der Waals surface area contributed by atoms with E-state index < -0.39 is 5.97 Å². The maximum Gasteiger partial charge on any atom is 0.356 e. The predicted molar refractivity (Wildman–Crippen MR) is 73.5 cm³/mol. The Balaban J connectivity index is 2.13. The number of aromatic carboxylic acids is 1. The Morgan fingerprint density at radius 1 is 1.26 bits per heavy atom. The van der Waals surface area contributed by atoms with Crippen LogP contribution in [-0.4, -0.2) is 21.0 Å². The van der Waals surface area contributed by atoms with E-state index in [1.807, 2.05) is 32.0 Å². The van der Waals surface area contributed by atoms with E-state index in [1.165, 1.54) is 5.56 Å². The summed E-state index contributed by atoms with van der Waals surface area (Å²) in [5.41, 5.74) is 2.08. The minimum atomic E-state index is -0.967. The molecular formula is C15H18N2O2. The van der Waals surface area contributed by atoms with Gasteiger partial charge in [-0.25, -0.2) is 9.78 Å². The van der Waals surface area contributed by atoms with Crippen LogP contribution in [0.1, 0.15) is 47.3 Å². The Morgan fingerprint density at radius 3 is 2.47 bits per heavy atom. The minimum absolute atomic E-state index is 0.129. The van der Waals surface area contributed by atoms with Gasteiger partial charge in [-0.3, -0.25) is 0 Å². The Bertz CT molecular complexity index is 559. The number of imidazole rings is 1. The molecule has 4 heteroatoms. The van der Waals surface area contributed by atoms with Crippen molar-refractivity contribution in [1.29, 1.82) is 0 Å². The van der Waals surface area contributed by atoms with Crippen molar-refractivity contribution in [3.05, 3.63) is 53.1 Å². The maximum atomic E-state index is 11.1. The lowest BCUT2D eigenvalue weighted by Crippen LogP contribution is -2.03. The molecule has 0 atom stereocenters. The van der Waals surface area contributed by atoms with Crippen LogP contribution in [0.3, 0.4) is 0 Å². The molecule has 2 aromatic rings. The molecule has 1 aromatic carbocycles. The molecule has 0 radical (unpaired) electrons. The lowest BCUT2D eigenvalue weighted by atomic mass is 10.1. The number of benzene rings is 1. The average Bonchev–Trinajstić information content (AvgIpc) is 2.82. The normalized spacial score (nSPS) is 10.9. The SMILES string of the molecule is CC(C)c1[nH]c(CCc2ccccc2)nc1C(=O)O. The lowest BCUT2D eigenvalue weighted by Gasteiger charge is -2.01. The van der Waals surface area contributed by atoms with Crippen LogP contribution in [0, 0.1) is 0 Å². The van der Waals surface area contributed by atoms with Crippen LogP contribution in [0.4, 0.5) is 0 Å². The van der Waals surface area contributed by atoms with Gasteiger partial charge in [0, 0.05) is 6.42 Å². The van der Waals surface area contributed by atoms with E-state index in [2.05, 4.69) is 22.1 Å². The van der Waals surface area contributed by atoms with Crippen molar-refractivity contribution in [2.75, 3.05) is 0 Å². The molecule has 4 nitrogen and oxygen atoms in total. The minimum Gasteiger partial charge on any atom is -0.476 e. The van der Waals surface area contributed by atoms with Crippen LogP contribution in [0.15, 0.2) is 30.3 Å². The molecule has 0 aliphatic heterocycles. The van der Waals surface area contributed by atoms with Gasteiger partial charge in [0.05, 0.1) is 5.69 Å². The molecule has 0 saturated carbocycles. The highest BCUT2D eigenvalue weighted by molar-refractivity contribution is 5.87. The summed E-state index contributed by atoms with van der Waals surface area (Å²) in [6, 6.07) is 10.1. The van der Waals surface area contributed by atoms with Gasteiger partial charge >= 0.3 is 5.97 Å². The van der Waals surface area contributed by atoms with E-state index in [1.54, 1.807) is 0 Å². The zero-order valence-electron chi connectivity index (χ0n) is 11.2. The van der Waals surface area contributed by atoms with Crippen molar-refractivity contribution in [3.63, 3.8) is 0 Å². The molecule has 19 heavy (non-hydrogen) atoms. The van der Waals surface area contributed by atoms with E-state index in [9.17, 15) is 4.79 Å². The summed E-state index contributed by atoms with van der Waals surface area (Å²) < 4.78 is 0. The van der Waals surface area contributed by atoms with Gasteiger partial charge in [0.2, 0.25) is 0 Å². The Kier molecular flexibility index (Phi) is 4.00. The van der Waals surface area contributed by atoms with Gasteiger partial charge in [0.25, 0.3) is 0 Å². The third-order valence-corrected chi connectivity index (χ3v) is 3.05. The second-order valence-electron chi connectivity index (χ2n) is 4.89. The van der Waals surface area contributed by atoms with Crippen LogP contribution in [0.5, 0.6) is 0 Å². The molecule has 0 amide bonds. The number of carbonyl (C=O) groups is 1. The Morgan fingerprint density at radius 2 is 1.95 bits per heavy atom. The van der Waals surface area contributed by atoms with Gasteiger partial charge in [-0.2, -0.15) is 0 Å². The number of hydrogen-bond acceptors (Lipinski definition) is 2. The summed E-state index contributed by atoms with van der Waals surface area (Å²) in [6.07, 6.45) is 1.57. The Labute approximate surface area is 112 Å². The van der Waals surface area contributed by atoms with Gasteiger partial charge < -0.3 is 10.1 Å². The van der Waals surface area contributed by atoms with E-state index in [4.69, 9.17) is 5.11 Å². The number of H-pyrrole nitrogens is 1. The predicted octanol–water partition coefficient (Wildman–Crippen LogP) is 3.02. The molecule has 1 heterocycles. The van der Waals surface area contributed by atoms with E-state index in [-0.39, 0.29) is 11.6 Å². The molecule has 0 saturated heterocycles. The van der Waals surface area contributed by atoms with E-state index in [0.717, 1.165) is 18.7 Å². The van der Waals surface area contributed by atoms with Gasteiger partial charge in [-0.1, -0.05) is 44.2 Å². The first-order chi connectivity index (χ1) is 9.08. The van der Waals surface area contributed by atoms with Gasteiger partial charge in [-0.15, -0.1) is 0 Å². The number of carboxylic acid groups (broad SMARTS) is 1. The van der Waals surface area contributed by atoms with Crippen LogP contribution in [0.2, 0.25) is 0 Å². The van der Waals surface area contributed by atoms with Crippen molar-refractivity contribution in [2.24, 2.45) is 0 Å². The molecule has 100 valence electrons. The summed E-state index contributed by atoms with van der Waals surface area (Å²) in [4.78, 5) is 18.5. The zero-order valence-corrected chi connectivity index (χ0v) is 11.2. The van der Waals surface area contributed by atoms with Crippen LogP contribution in [0.25, 0.3) is 0 Å². The lowest BCUT2D eigenvalue weighted by molar-refractivity contribution is 0.0689. The van der Waals surface area contributed by atoms with Crippen molar-refractivity contribution in [2.45, 2.75) is 32.6 Å².